The average Bonchev–Trinajstić information content (AvgIpc) is 3.41. The molecule has 4 bridgehead atoms. The van der Waals surface area contributed by atoms with Gasteiger partial charge in [0.1, 0.15) is 17.5 Å². The molecule has 1 fully saturated rings. The van der Waals surface area contributed by atoms with Crippen LogP contribution in [0.2, 0.25) is 0 Å². The van der Waals surface area contributed by atoms with Crippen molar-refractivity contribution in [2.24, 2.45) is 7.05 Å². The van der Waals surface area contributed by atoms with Crippen LogP contribution in [0.1, 0.15) is 40.2 Å². The first-order chi connectivity index (χ1) is 21.0. The number of ether oxygens (including phenoxy) is 3. The zero-order chi connectivity index (χ0) is 31.4. The van der Waals surface area contributed by atoms with Gasteiger partial charge in [0, 0.05) is 45.6 Å². The van der Waals surface area contributed by atoms with Crippen LogP contribution in [0.25, 0.3) is 0 Å². The second-order valence-corrected chi connectivity index (χ2v) is 10.6. The molecule has 0 unspecified atom stereocenters. The summed E-state index contributed by atoms with van der Waals surface area (Å²) in [5.41, 5.74) is 0.328. The van der Waals surface area contributed by atoms with Gasteiger partial charge in [-0.15, -0.1) is 0 Å². The number of piperidine rings is 1. The normalized spacial score (nSPS) is 19.7. The third kappa shape index (κ3) is 7.24. The average molecular weight is 616 g/mol. The second-order valence-electron chi connectivity index (χ2n) is 10.6. The van der Waals surface area contributed by atoms with E-state index in [-0.39, 0.29) is 44.1 Å². The quantitative estimate of drug-likeness (QED) is 0.455. The smallest absolute Gasteiger partial charge is 0.433 e. The number of carbonyl (C=O) groups excluding carboxylic acids is 3. The third-order valence-electron chi connectivity index (χ3n) is 7.50. The van der Waals surface area contributed by atoms with Gasteiger partial charge >= 0.3 is 6.18 Å². The number of nitrogens with zero attached hydrogens (tertiary/aromatic N) is 3. The molecule has 2 aromatic carbocycles. The van der Waals surface area contributed by atoms with Gasteiger partial charge in [0.15, 0.2) is 23.8 Å². The molecule has 1 saturated heterocycles. The molecule has 11 nitrogen and oxygen atoms in total. The summed E-state index contributed by atoms with van der Waals surface area (Å²) in [4.78, 5) is 40.1. The van der Waals surface area contributed by atoms with Crippen LogP contribution in [-0.2, 0) is 35.8 Å². The summed E-state index contributed by atoms with van der Waals surface area (Å²) in [6.45, 7) is 0.0877. The highest BCUT2D eigenvalue weighted by Gasteiger charge is 2.38. The Morgan fingerprint density at radius 1 is 1.05 bits per heavy atom. The lowest BCUT2D eigenvalue weighted by atomic mass is 10.0. The van der Waals surface area contributed by atoms with Crippen molar-refractivity contribution in [3.05, 3.63) is 71.0 Å². The molecule has 0 spiro atoms. The predicted molar refractivity (Wildman–Crippen MR) is 150 cm³/mol. The first-order valence-electron chi connectivity index (χ1n) is 14.0. The Bertz CT molecular complexity index is 1520. The molecular formula is C30H32F3N5O6. The first kappa shape index (κ1) is 30.7. The fraction of sp³-hybridized carbons (Fsp3) is 0.400. The number of carbonyl (C=O) groups is 3. The summed E-state index contributed by atoms with van der Waals surface area (Å²) in [7, 11) is 2.59. The summed E-state index contributed by atoms with van der Waals surface area (Å²) in [6, 6.07) is 12.3. The van der Waals surface area contributed by atoms with Crippen LogP contribution in [-0.4, -0.2) is 71.4 Å². The van der Waals surface area contributed by atoms with Crippen molar-refractivity contribution >= 4 is 17.7 Å². The van der Waals surface area contributed by atoms with E-state index in [2.05, 4.69) is 15.7 Å². The third-order valence-corrected chi connectivity index (χ3v) is 7.50. The highest BCUT2D eigenvalue weighted by Crippen LogP contribution is 2.31. The zero-order valence-electron chi connectivity index (χ0n) is 24.1. The number of likely N-dealkylation sites (tertiary alicyclic amines) is 1. The van der Waals surface area contributed by atoms with Crippen molar-refractivity contribution in [3.8, 4) is 17.2 Å². The van der Waals surface area contributed by atoms with Gasteiger partial charge in [0.25, 0.3) is 11.8 Å². The van der Waals surface area contributed by atoms with Crippen molar-refractivity contribution < 1.29 is 41.8 Å². The minimum atomic E-state index is -4.67. The lowest BCUT2D eigenvalue weighted by Crippen LogP contribution is -2.58. The fourth-order valence-corrected chi connectivity index (χ4v) is 5.18. The van der Waals surface area contributed by atoms with Gasteiger partial charge in [0.2, 0.25) is 5.91 Å². The number of aryl methyl sites for hydroxylation is 2. The number of rotatable bonds is 2. The van der Waals surface area contributed by atoms with Gasteiger partial charge in [-0.2, -0.15) is 18.3 Å². The maximum absolute atomic E-state index is 13.3. The number of hydrogen-bond donors (Lipinski definition) is 2. The molecule has 0 aliphatic carbocycles. The number of aromatic nitrogens is 2. The van der Waals surface area contributed by atoms with Crippen LogP contribution in [0, 0.1) is 0 Å². The van der Waals surface area contributed by atoms with Crippen LogP contribution in [0.3, 0.4) is 0 Å². The van der Waals surface area contributed by atoms with E-state index in [4.69, 9.17) is 14.2 Å². The molecule has 234 valence electrons. The molecule has 6 heterocycles. The van der Waals surface area contributed by atoms with E-state index >= 15 is 0 Å². The molecule has 2 N–H and O–H groups in total. The van der Waals surface area contributed by atoms with Gasteiger partial charge in [-0.1, -0.05) is 18.2 Å². The highest BCUT2D eigenvalue weighted by molar-refractivity contribution is 5.92. The van der Waals surface area contributed by atoms with Gasteiger partial charge < -0.3 is 29.7 Å². The molecule has 8 rings (SSSR count). The summed E-state index contributed by atoms with van der Waals surface area (Å²) >= 11 is 0. The maximum atomic E-state index is 13.3. The second kappa shape index (κ2) is 12.9. The van der Waals surface area contributed by atoms with Gasteiger partial charge in [-0.25, -0.2) is 0 Å². The van der Waals surface area contributed by atoms with Crippen molar-refractivity contribution in [2.75, 3.05) is 26.8 Å². The van der Waals surface area contributed by atoms with E-state index < -0.39 is 35.8 Å². The lowest BCUT2D eigenvalue weighted by Gasteiger charge is -2.38. The molecular weight excluding hydrogens is 583 g/mol. The number of amides is 3. The van der Waals surface area contributed by atoms with Crippen LogP contribution >= 0.6 is 0 Å². The number of methoxy groups -OCH3 is 1. The summed E-state index contributed by atoms with van der Waals surface area (Å²) in [6.07, 6.45) is -4.20. The van der Waals surface area contributed by atoms with Crippen LogP contribution in [0.5, 0.6) is 17.2 Å². The molecule has 0 radical (unpaired) electrons. The number of alkyl halides is 3. The fourth-order valence-electron chi connectivity index (χ4n) is 5.18. The molecule has 3 amide bonds. The molecule has 1 aromatic heterocycles. The highest BCUT2D eigenvalue weighted by atomic mass is 19.4. The number of hydrogen-bond acceptors (Lipinski definition) is 7. The Morgan fingerprint density at radius 3 is 2.50 bits per heavy atom. The summed E-state index contributed by atoms with van der Waals surface area (Å²) in [5, 5.41) is 9.55. The van der Waals surface area contributed by atoms with Crippen molar-refractivity contribution in [2.45, 2.75) is 44.1 Å². The van der Waals surface area contributed by atoms with Crippen molar-refractivity contribution in [3.63, 3.8) is 0 Å². The first-order valence-corrected chi connectivity index (χ1v) is 14.0. The minimum absolute atomic E-state index is 0.0324. The molecule has 0 saturated carbocycles. The van der Waals surface area contributed by atoms with E-state index in [0.29, 0.717) is 41.0 Å². The predicted octanol–water partition coefficient (Wildman–Crippen LogP) is 2.87. The van der Waals surface area contributed by atoms with E-state index in [1.54, 1.807) is 30.3 Å². The zero-order valence-corrected chi connectivity index (χ0v) is 24.1. The van der Waals surface area contributed by atoms with Crippen LogP contribution in [0.4, 0.5) is 13.2 Å². The Balaban J connectivity index is 1.38. The molecule has 2 atom stereocenters. The Hall–Kier alpha value is -4.75. The van der Waals surface area contributed by atoms with E-state index in [0.717, 1.165) is 18.2 Å². The number of benzene rings is 2. The Kier molecular flexibility index (Phi) is 8.97. The lowest BCUT2D eigenvalue weighted by molar-refractivity contribution is -0.143. The Morgan fingerprint density at radius 2 is 1.80 bits per heavy atom. The van der Waals surface area contributed by atoms with Crippen LogP contribution in [0.15, 0.2) is 48.5 Å². The van der Waals surface area contributed by atoms with E-state index in [1.807, 2.05) is 12.1 Å². The molecule has 14 heteroatoms. The molecule has 5 aliphatic heterocycles. The van der Waals surface area contributed by atoms with Gasteiger partial charge in [0.05, 0.1) is 13.2 Å². The van der Waals surface area contributed by atoms with E-state index in [9.17, 15) is 27.6 Å². The molecule has 44 heavy (non-hydrogen) atoms. The largest absolute Gasteiger partial charge is 0.493 e. The molecule has 5 aliphatic rings. The van der Waals surface area contributed by atoms with Crippen molar-refractivity contribution in [1.29, 1.82) is 0 Å². The van der Waals surface area contributed by atoms with Gasteiger partial charge in [-0.3, -0.25) is 19.1 Å². The summed E-state index contributed by atoms with van der Waals surface area (Å²) in [5.74, 6) is -0.0633. The number of halogens is 3. The van der Waals surface area contributed by atoms with Crippen molar-refractivity contribution in [1.82, 2.24) is 25.3 Å². The maximum Gasteiger partial charge on any atom is 0.433 e. The standard InChI is InChI=1S/C30H32F3N5O6/c1-37-26(30(31,32)33)14-21(36-37)29(41)38-12-11-23-22(16-38)35-28(40)17-43-24-9-5-18(13-25(24)42-2)6-10-27(39)34-15-19-3-7-20(44-23)8-4-19/h3-5,7-9,13-14,22-23H,6,10-12,15-17H2,1-2H3,(H,34,39)(H,35,40)/t22-,23-/m1/s1. The Labute approximate surface area is 251 Å². The monoisotopic (exact) mass is 615 g/mol. The minimum Gasteiger partial charge on any atom is -0.493 e. The van der Waals surface area contributed by atoms with Gasteiger partial charge in [-0.05, 0) is 41.8 Å². The number of nitrogens with one attached hydrogen (secondary N) is 2. The van der Waals surface area contributed by atoms with E-state index in [1.165, 1.54) is 12.0 Å². The van der Waals surface area contributed by atoms with Crippen LogP contribution < -0.4 is 24.8 Å². The summed E-state index contributed by atoms with van der Waals surface area (Å²) < 4.78 is 57.9. The molecule has 3 aromatic rings. The SMILES string of the molecule is COc1cc2ccc1OCC(=O)N[C@@H]1CN(C(=O)c3cc(C(F)(F)F)n(C)n3)CC[C@H]1Oc1ccc(cc1)CNC(=O)CC2. The topological polar surface area (TPSA) is 124 Å².